The fourth-order valence-corrected chi connectivity index (χ4v) is 0.738. The summed E-state index contributed by atoms with van der Waals surface area (Å²) in [5, 5.41) is 0. The predicted octanol–water partition coefficient (Wildman–Crippen LogP) is 5.15. The minimum Gasteiger partial charge on any atom is -0.466 e. The molecule has 1 aromatic carbocycles. The fraction of sp³-hybridized carbons (Fsp3) is 0.467. The van der Waals surface area contributed by atoms with E-state index in [1.807, 2.05) is 18.2 Å². The van der Waals surface area contributed by atoms with Crippen LogP contribution in [0.1, 0.15) is 33.3 Å². The Kier molecular flexibility index (Phi) is 23.1. The molecule has 0 fully saturated rings. The van der Waals surface area contributed by atoms with Crippen LogP contribution in [0.3, 0.4) is 0 Å². The number of rotatable bonds is 1. The number of hydrogen-bond donors (Lipinski definition) is 0. The predicted molar refractivity (Wildman–Crippen MR) is 91.2 cm³/mol. The van der Waals surface area contributed by atoms with Gasteiger partial charge in [0, 0.05) is 6.92 Å². The van der Waals surface area contributed by atoms with Crippen LogP contribution in [0.2, 0.25) is 0 Å². The van der Waals surface area contributed by atoms with Crippen molar-refractivity contribution in [3.63, 3.8) is 0 Å². The molecule has 3 nitrogen and oxygen atoms in total. The summed E-state index contributed by atoms with van der Waals surface area (Å²) < 4.78 is 3.65. The number of ketones is 1. The van der Waals surface area contributed by atoms with Crippen molar-refractivity contribution in [1.29, 1.82) is 0 Å². The minimum absolute atomic E-state index is 0.167. The molecular formula is C15H23Cl3O3. The van der Waals surface area contributed by atoms with E-state index in [0.717, 1.165) is 0 Å². The van der Waals surface area contributed by atoms with Crippen LogP contribution < -0.4 is 0 Å². The highest BCUT2D eigenvalue weighted by Crippen LogP contribution is 2.03. The van der Waals surface area contributed by atoms with Gasteiger partial charge in [0.25, 0.3) is 0 Å². The number of aryl methyl sites for hydroxylation is 1. The maximum absolute atomic E-state index is 9.82. The van der Waals surface area contributed by atoms with Gasteiger partial charge in [-0.3, -0.25) is 4.79 Å². The van der Waals surface area contributed by atoms with Gasteiger partial charge in [0.15, 0.2) is 4.30 Å². The van der Waals surface area contributed by atoms with Crippen LogP contribution in [0.4, 0.5) is 0 Å². The molecule has 1 rings (SSSR count). The van der Waals surface area contributed by atoms with Gasteiger partial charge in [-0.05, 0) is 27.7 Å². The van der Waals surface area contributed by atoms with E-state index in [1.165, 1.54) is 26.3 Å². The molecule has 0 aromatic heterocycles. The summed E-state index contributed by atoms with van der Waals surface area (Å²) in [5.41, 5.74) is 1.32. The van der Waals surface area contributed by atoms with E-state index in [1.54, 1.807) is 6.92 Å². The number of Topliss-reactive ketones (excluding diaryl/α,β-unsaturated/α-hetero) is 1. The number of halogens is 3. The summed E-state index contributed by atoms with van der Waals surface area (Å²) in [5.74, 6) is -0.0440. The Balaban J connectivity index is -0.000000214. The molecule has 0 radical (unpaired) electrons. The van der Waals surface area contributed by atoms with Crippen molar-refractivity contribution in [3.8, 4) is 0 Å². The maximum Gasteiger partial charge on any atom is 0.302 e. The van der Waals surface area contributed by atoms with Gasteiger partial charge < -0.3 is 9.53 Å². The number of ether oxygens (including phenoxy) is 1. The first-order valence-electron chi connectivity index (χ1n) is 6.17. The molecule has 0 amide bonds. The summed E-state index contributed by atoms with van der Waals surface area (Å²) in [6.45, 7) is 8.79. The second-order valence-corrected chi connectivity index (χ2v) is 5.71. The molecule has 0 N–H and O–H groups in total. The average Bonchev–Trinajstić information content (AvgIpc) is 2.28. The van der Waals surface area contributed by atoms with Crippen LogP contribution in [-0.2, 0) is 14.3 Å². The third kappa shape index (κ3) is 54.6. The number of carbonyl (C=O) groups is 2. The number of carbonyl (C=O) groups excluding carboxylic acids is 2. The second-order valence-electron chi connectivity index (χ2n) is 3.73. The maximum atomic E-state index is 9.82. The highest BCUT2D eigenvalue weighted by atomic mass is 35.6. The van der Waals surface area contributed by atoms with Crippen LogP contribution in [0.5, 0.6) is 0 Å². The molecular weight excluding hydrogens is 335 g/mol. The molecule has 0 saturated heterocycles. The van der Waals surface area contributed by atoms with Crippen molar-refractivity contribution < 1.29 is 14.3 Å². The lowest BCUT2D eigenvalue weighted by molar-refractivity contribution is -0.140. The van der Waals surface area contributed by atoms with E-state index < -0.39 is 4.30 Å². The monoisotopic (exact) mass is 356 g/mol. The Labute approximate surface area is 142 Å². The van der Waals surface area contributed by atoms with Gasteiger partial charge >= 0.3 is 5.97 Å². The van der Waals surface area contributed by atoms with E-state index in [4.69, 9.17) is 34.8 Å². The summed E-state index contributed by atoms with van der Waals surface area (Å²) in [4.78, 5) is 19.3. The molecule has 0 aliphatic carbocycles. The quantitative estimate of drug-likeness (QED) is 0.516. The highest BCUT2D eigenvalue weighted by molar-refractivity contribution is 6.63. The summed E-state index contributed by atoms with van der Waals surface area (Å²) in [7, 11) is 0. The average molecular weight is 358 g/mol. The molecule has 1 aromatic rings. The Morgan fingerprint density at radius 1 is 1.05 bits per heavy atom. The molecule has 0 heterocycles. The summed E-state index contributed by atoms with van der Waals surface area (Å²) in [6, 6.07) is 10.3. The molecule has 0 unspecified atom stereocenters. The lowest BCUT2D eigenvalue weighted by atomic mass is 10.2. The summed E-state index contributed by atoms with van der Waals surface area (Å²) in [6.07, 6.45) is 0. The van der Waals surface area contributed by atoms with E-state index >= 15 is 0 Å². The van der Waals surface area contributed by atoms with E-state index in [0.29, 0.717) is 6.61 Å². The van der Waals surface area contributed by atoms with Crippen molar-refractivity contribution in [3.05, 3.63) is 35.9 Å². The van der Waals surface area contributed by atoms with Gasteiger partial charge in [-0.2, -0.15) is 0 Å². The third-order valence-electron chi connectivity index (χ3n) is 1.29. The van der Waals surface area contributed by atoms with Gasteiger partial charge in [0.2, 0.25) is 0 Å². The zero-order chi connectivity index (χ0) is 17.3. The Hall–Kier alpha value is -0.770. The number of hydrogen-bond acceptors (Lipinski definition) is 3. The van der Waals surface area contributed by atoms with Crippen LogP contribution >= 0.6 is 34.8 Å². The molecule has 21 heavy (non-hydrogen) atoms. The molecule has 0 aliphatic rings. The Morgan fingerprint density at radius 2 is 1.38 bits per heavy atom. The smallest absolute Gasteiger partial charge is 0.302 e. The molecule has 0 saturated carbocycles. The number of esters is 1. The lowest BCUT2D eigenvalue weighted by Gasteiger charge is -1.89. The molecule has 0 spiro atoms. The van der Waals surface area contributed by atoms with Crippen LogP contribution in [0.25, 0.3) is 0 Å². The van der Waals surface area contributed by atoms with E-state index in [-0.39, 0.29) is 11.8 Å². The third-order valence-corrected chi connectivity index (χ3v) is 1.29. The van der Waals surface area contributed by atoms with Crippen molar-refractivity contribution in [2.24, 2.45) is 0 Å². The molecule has 122 valence electrons. The van der Waals surface area contributed by atoms with Crippen molar-refractivity contribution in [1.82, 2.24) is 0 Å². The SMILES string of the molecule is CC(C)=O.CCOC(C)=O.Cc1ccccc1.ClC(Cl)Cl. The van der Waals surface area contributed by atoms with Crippen LogP contribution in [-0.4, -0.2) is 22.7 Å². The molecule has 6 heteroatoms. The van der Waals surface area contributed by atoms with Crippen molar-refractivity contribution >= 4 is 46.6 Å². The Morgan fingerprint density at radius 3 is 1.48 bits per heavy atom. The first-order chi connectivity index (χ1) is 9.63. The van der Waals surface area contributed by atoms with Gasteiger partial charge in [-0.15, -0.1) is 0 Å². The minimum atomic E-state index is -0.750. The largest absolute Gasteiger partial charge is 0.466 e. The van der Waals surface area contributed by atoms with E-state index in [9.17, 15) is 9.59 Å². The number of alkyl halides is 3. The number of benzene rings is 1. The van der Waals surface area contributed by atoms with Crippen molar-refractivity contribution in [2.45, 2.75) is 38.9 Å². The van der Waals surface area contributed by atoms with Gasteiger partial charge in [0.05, 0.1) is 6.61 Å². The first kappa shape index (κ1) is 25.2. The van der Waals surface area contributed by atoms with Crippen LogP contribution in [0.15, 0.2) is 30.3 Å². The zero-order valence-electron chi connectivity index (χ0n) is 13.0. The highest BCUT2D eigenvalue weighted by Gasteiger charge is 1.81. The summed E-state index contributed by atoms with van der Waals surface area (Å²) >= 11 is 14.4. The lowest BCUT2D eigenvalue weighted by Crippen LogP contribution is -1.95. The van der Waals surface area contributed by atoms with Crippen LogP contribution in [0, 0.1) is 6.92 Å². The van der Waals surface area contributed by atoms with E-state index in [2.05, 4.69) is 23.8 Å². The molecule has 0 atom stereocenters. The van der Waals surface area contributed by atoms with Gasteiger partial charge in [0.1, 0.15) is 5.78 Å². The second kappa shape index (κ2) is 19.2. The van der Waals surface area contributed by atoms with Gasteiger partial charge in [-0.25, -0.2) is 0 Å². The van der Waals surface area contributed by atoms with Gasteiger partial charge in [-0.1, -0.05) is 70.7 Å². The molecule has 0 bridgehead atoms. The first-order valence-corrected chi connectivity index (χ1v) is 7.48. The zero-order valence-corrected chi connectivity index (χ0v) is 15.3. The fourth-order valence-electron chi connectivity index (χ4n) is 0.738. The topological polar surface area (TPSA) is 43.4 Å². The Bertz CT molecular complexity index is 348. The van der Waals surface area contributed by atoms with Crippen molar-refractivity contribution in [2.75, 3.05) is 6.61 Å². The molecule has 0 aliphatic heterocycles. The normalized spacial score (nSPS) is 8.05. The standard InChI is InChI=1S/C7H8.C4H8O2.C3H6O.CHCl3/c1-7-5-3-2-4-6-7;1-3-6-4(2)5;1-3(2)4;2-1(3)4/h2-6H,1H3;3H2,1-2H3;1-2H3;1H.